The second-order valence-corrected chi connectivity index (χ2v) is 4.59. The summed E-state index contributed by atoms with van der Waals surface area (Å²) in [4.78, 5) is 2.21. The Morgan fingerprint density at radius 2 is 1.94 bits per heavy atom. The van der Waals surface area contributed by atoms with Crippen LogP contribution in [-0.2, 0) is 0 Å². The van der Waals surface area contributed by atoms with E-state index in [0.29, 0.717) is 6.04 Å². The van der Waals surface area contributed by atoms with Crippen LogP contribution in [0.4, 0.5) is 0 Å². The monoisotopic (exact) mass is 224 g/mol. The van der Waals surface area contributed by atoms with Crippen molar-refractivity contribution >= 4 is 0 Å². The molecule has 0 aliphatic rings. The zero-order chi connectivity index (χ0) is 12.6. The normalized spacial score (nSPS) is 14.8. The predicted molar refractivity (Wildman–Crippen MR) is 73.3 cm³/mol. The molecule has 0 aromatic heterocycles. The largest absolute Gasteiger partial charge is 0.378 e. The van der Waals surface area contributed by atoms with Gasteiger partial charge in [0, 0.05) is 25.3 Å². The summed E-state index contributed by atoms with van der Waals surface area (Å²) in [6, 6.07) is 0.660. The van der Waals surface area contributed by atoms with Gasteiger partial charge in [-0.15, -0.1) is 0 Å². The van der Waals surface area contributed by atoms with E-state index >= 15 is 0 Å². The van der Waals surface area contributed by atoms with Gasteiger partial charge in [0.15, 0.2) is 0 Å². The predicted octanol–water partition coefficient (Wildman–Crippen LogP) is 3.30. The van der Waals surface area contributed by atoms with Gasteiger partial charge in [-0.2, -0.15) is 0 Å². The number of rotatable bonds is 7. The Balaban J connectivity index is 4.65. The van der Waals surface area contributed by atoms with Gasteiger partial charge >= 0.3 is 0 Å². The molecule has 2 nitrogen and oxygen atoms in total. The van der Waals surface area contributed by atoms with Crippen LogP contribution in [0.15, 0.2) is 23.9 Å². The fraction of sp³-hybridized carbons (Fsp3) is 0.714. The van der Waals surface area contributed by atoms with E-state index in [-0.39, 0.29) is 6.04 Å². The Hall–Kier alpha value is -0.760. The van der Waals surface area contributed by atoms with E-state index in [9.17, 15) is 0 Å². The van der Waals surface area contributed by atoms with E-state index in [1.54, 1.807) is 0 Å². The molecule has 1 atom stereocenters. The number of unbranched alkanes of at least 4 members (excludes halogenated alkanes) is 1. The number of hydrogen-bond donors (Lipinski definition) is 1. The first-order valence-electron chi connectivity index (χ1n) is 6.38. The van der Waals surface area contributed by atoms with E-state index in [2.05, 4.69) is 58.0 Å². The maximum absolute atomic E-state index is 6.10. The smallest absolute Gasteiger partial charge is 0.0306 e. The fourth-order valence-corrected chi connectivity index (χ4v) is 1.27. The van der Waals surface area contributed by atoms with Crippen LogP contribution in [0, 0.1) is 0 Å². The first-order valence-corrected chi connectivity index (χ1v) is 6.38. The quantitative estimate of drug-likeness (QED) is 0.672. The van der Waals surface area contributed by atoms with E-state index < -0.39 is 0 Å². The average molecular weight is 224 g/mol. The highest BCUT2D eigenvalue weighted by molar-refractivity contribution is 5.23. The number of allylic oxidation sites excluding steroid dienone is 1. The average Bonchev–Trinajstić information content (AvgIpc) is 2.26. The van der Waals surface area contributed by atoms with Crippen molar-refractivity contribution < 1.29 is 0 Å². The van der Waals surface area contributed by atoms with Gasteiger partial charge in [-0.3, -0.25) is 0 Å². The number of nitrogens with zero attached hydrogens (tertiary/aromatic N) is 1. The molecule has 0 fully saturated rings. The SMILES string of the molecule is CCC/C=C/C(=C\N(C)C(C)C)C(N)CC. The first-order chi connectivity index (χ1) is 7.52. The van der Waals surface area contributed by atoms with Gasteiger partial charge in [0.05, 0.1) is 0 Å². The third kappa shape index (κ3) is 5.96. The molecule has 0 bridgehead atoms. The number of hydrogen-bond acceptors (Lipinski definition) is 2. The van der Waals surface area contributed by atoms with Gasteiger partial charge in [-0.1, -0.05) is 32.4 Å². The Labute approximate surface area is 101 Å². The van der Waals surface area contributed by atoms with Crippen LogP contribution in [0.2, 0.25) is 0 Å². The summed E-state index contributed by atoms with van der Waals surface area (Å²) in [6.45, 7) is 8.68. The molecule has 0 aliphatic carbocycles. The van der Waals surface area contributed by atoms with Gasteiger partial charge in [-0.05, 0) is 32.3 Å². The minimum atomic E-state index is 0.148. The summed E-state index contributed by atoms with van der Waals surface area (Å²) in [7, 11) is 2.10. The lowest BCUT2D eigenvalue weighted by Gasteiger charge is -2.22. The van der Waals surface area contributed by atoms with Crippen molar-refractivity contribution in [1.29, 1.82) is 0 Å². The van der Waals surface area contributed by atoms with Crippen LogP contribution in [0.25, 0.3) is 0 Å². The third-order valence-corrected chi connectivity index (χ3v) is 2.80. The molecule has 2 N–H and O–H groups in total. The minimum Gasteiger partial charge on any atom is -0.378 e. The maximum Gasteiger partial charge on any atom is 0.0306 e. The van der Waals surface area contributed by atoms with Crippen LogP contribution < -0.4 is 5.73 Å². The zero-order valence-electron chi connectivity index (χ0n) is 11.5. The van der Waals surface area contributed by atoms with Crippen molar-refractivity contribution in [3.63, 3.8) is 0 Å². The van der Waals surface area contributed by atoms with Crippen molar-refractivity contribution in [2.75, 3.05) is 7.05 Å². The van der Waals surface area contributed by atoms with Crippen LogP contribution >= 0.6 is 0 Å². The second-order valence-electron chi connectivity index (χ2n) is 4.59. The molecule has 0 amide bonds. The van der Waals surface area contributed by atoms with Gasteiger partial charge in [-0.25, -0.2) is 0 Å². The van der Waals surface area contributed by atoms with Crippen molar-refractivity contribution in [2.24, 2.45) is 5.73 Å². The molecule has 0 aliphatic heterocycles. The molecule has 1 unspecified atom stereocenters. The van der Waals surface area contributed by atoms with Gasteiger partial charge < -0.3 is 10.6 Å². The van der Waals surface area contributed by atoms with Crippen molar-refractivity contribution in [2.45, 2.75) is 59.0 Å². The van der Waals surface area contributed by atoms with E-state index in [1.165, 1.54) is 12.0 Å². The summed E-state index contributed by atoms with van der Waals surface area (Å²) in [6.07, 6.45) is 9.86. The van der Waals surface area contributed by atoms with Gasteiger partial charge in [0.2, 0.25) is 0 Å². The molecule has 0 aromatic rings. The van der Waals surface area contributed by atoms with Crippen molar-refractivity contribution in [3.8, 4) is 0 Å². The van der Waals surface area contributed by atoms with Crippen molar-refractivity contribution in [3.05, 3.63) is 23.9 Å². The van der Waals surface area contributed by atoms with E-state index in [0.717, 1.165) is 12.8 Å². The molecule has 0 aromatic carbocycles. The highest BCUT2D eigenvalue weighted by Gasteiger charge is 2.06. The van der Waals surface area contributed by atoms with Crippen LogP contribution in [0.1, 0.15) is 47.0 Å². The molecule has 0 heterocycles. The van der Waals surface area contributed by atoms with Crippen LogP contribution in [0.3, 0.4) is 0 Å². The molecule has 0 saturated heterocycles. The molecule has 0 saturated carbocycles. The van der Waals surface area contributed by atoms with Gasteiger partial charge in [0.1, 0.15) is 0 Å². The Kier molecular flexibility index (Phi) is 8.00. The molecule has 0 spiro atoms. The summed E-state index contributed by atoms with van der Waals surface area (Å²) in [5, 5.41) is 0. The second kappa shape index (κ2) is 8.40. The Morgan fingerprint density at radius 1 is 1.31 bits per heavy atom. The minimum absolute atomic E-state index is 0.148. The standard InChI is InChI=1S/C14H28N2/c1-6-8-9-10-13(14(15)7-2)11-16(5)12(3)4/h9-12,14H,6-8,15H2,1-5H3/b10-9+,13-11+. The topological polar surface area (TPSA) is 29.3 Å². The summed E-state index contributed by atoms with van der Waals surface area (Å²) < 4.78 is 0. The van der Waals surface area contributed by atoms with Crippen LogP contribution in [-0.4, -0.2) is 24.0 Å². The summed E-state index contributed by atoms with van der Waals surface area (Å²) in [5.41, 5.74) is 7.33. The van der Waals surface area contributed by atoms with Crippen LogP contribution in [0.5, 0.6) is 0 Å². The molecule has 0 radical (unpaired) electrons. The molecule has 0 rings (SSSR count). The maximum atomic E-state index is 6.10. The van der Waals surface area contributed by atoms with E-state index in [4.69, 9.17) is 5.73 Å². The highest BCUT2D eigenvalue weighted by atomic mass is 15.1. The summed E-state index contributed by atoms with van der Waals surface area (Å²) in [5.74, 6) is 0. The fourth-order valence-electron chi connectivity index (χ4n) is 1.27. The zero-order valence-corrected chi connectivity index (χ0v) is 11.5. The molecule has 94 valence electrons. The Morgan fingerprint density at radius 3 is 2.38 bits per heavy atom. The molecular weight excluding hydrogens is 196 g/mol. The van der Waals surface area contributed by atoms with Crippen molar-refractivity contribution in [1.82, 2.24) is 4.90 Å². The molecule has 2 heteroatoms. The lowest BCUT2D eigenvalue weighted by molar-refractivity contribution is 0.371. The highest BCUT2D eigenvalue weighted by Crippen LogP contribution is 2.09. The molecule has 16 heavy (non-hydrogen) atoms. The lowest BCUT2D eigenvalue weighted by Crippen LogP contribution is -2.26. The third-order valence-electron chi connectivity index (χ3n) is 2.80. The number of nitrogens with two attached hydrogens (primary N) is 1. The molecular formula is C14H28N2. The lowest BCUT2D eigenvalue weighted by atomic mass is 10.1. The van der Waals surface area contributed by atoms with E-state index in [1.807, 2.05) is 0 Å². The van der Waals surface area contributed by atoms with Gasteiger partial charge in [0.25, 0.3) is 0 Å². The summed E-state index contributed by atoms with van der Waals surface area (Å²) >= 11 is 0. The Bertz CT molecular complexity index is 229. The first kappa shape index (κ1) is 15.2.